The third-order valence-electron chi connectivity index (χ3n) is 8.36. The number of hydrogen-bond donors (Lipinski definition) is 0. The van der Waals surface area contributed by atoms with Crippen LogP contribution in [0.25, 0.3) is 59.5 Å². The summed E-state index contributed by atoms with van der Waals surface area (Å²) in [4.78, 5) is 1.39. The van der Waals surface area contributed by atoms with Crippen molar-refractivity contribution in [3.05, 3.63) is 163 Å². The number of allylic oxidation sites excluding steroid dienone is 1. The lowest BCUT2D eigenvalue weighted by molar-refractivity contribution is 0.991. The number of rotatable bonds is 4. The second kappa shape index (κ2) is 10.1. The van der Waals surface area contributed by atoms with Gasteiger partial charge in [-0.25, -0.2) is 0 Å². The fraction of sp³-hybridized carbons (Fsp3) is 0.0500. The van der Waals surface area contributed by atoms with E-state index in [1.807, 2.05) is 11.8 Å². The number of hydrogen-bond acceptors (Lipinski definition) is 1. The lowest BCUT2D eigenvalue weighted by Crippen LogP contribution is -1.93. The second-order valence-electron chi connectivity index (χ2n) is 10.8. The second-order valence-corrected chi connectivity index (χ2v) is 12.0. The molecule has 8 rings (SSSR count). The minimum Gasteiger partial charge on any atom is -0.117 e. The van der Waals surface area contributed by atoms with Crippen LogP contribution < -0.4 is 0 Å². The van der Waals surface area contributed by atoms with Gasteiger partial charge in [0.2, 0.25) is 0 Å². The Morgan fingerprint density at radius 2 is 1.00 bits per heavy atom. The van der Waals surface area contributed by atoms with Crippen LogP contribution in [0.3, 0.4) is 0 Å². The average Bonchev–Trinajstić information content (AvgIpc) is 3.54. The molecule has 1 aliphatic heterocycles. The van der Waals surface area contributed by atoms with Gasteiger partial charge in [0.1, 0.15) is 0 Å². The van der Waals surface area contributed by atoms with Gasteiger partial charge in [-0.05, 0) is 84.3 Å². The Kier molecular flexibility index (Phi) is 5.97. The van der Waals surface area contributed by atoms with E-state index in [1.165, 1.54) is 70.6 Å². The van der Waals surface area contributed by atoms with E-state index in [0.29, 0.717) is 5.25 Å². The highest BCUT2D eigenvalue weighted by Crippen LogP contribution is 2.49. The van der Waals surface area contributed by atoms with Crippen LogP contribution in [-0.4, -0.2) is 0 Å². The minimum atomic E-state index is 0.430. The van der Waals surface area contributed by atoms with Gasteiger partial charge >= 0.3 is 0 Å². The van der Waals surface area contributed by atoms with Crippen LogP contribution >= 0.6 is 11.8 Å². The molecule has 0 fully saturated rings. The maximum Gasteiger partial charge on any atom is 0.0379 e. The Balaban J connectivity index is 1.29. The Bertz CT molecular complexity index is 2040. The molecule has 7 aromatic carbocycles. The third kappa shape index (κ3) is 4.25. The van der Waals surface area contributed by atoms with Crippen molar-refractivity contribution in [3.8, 4) is 22.3 Å². The van der Waals surface area contributed by atoms with E-state index in [0.717, 1.165) is 6.42 Å². The number of fused-ring (bicyclic) bond motifs is 3. The van der Waals surface area contributed by atoms with Crippen molar-refractivity contribution >= 4 is 49.0 Å². The van der Waals surface area contributed by atoms with Crippen molar-refractivity contribution in [2.75, 3.05) is 0 Å². The van der Waals surface area contributed by atoms with Gasteiger partial charge in [0.15, 0.2) is 0 Å². The van der Waals surface area contributed by atoms with Crippen LogP contribution in [0, 0.1) is 0 Å². The predicted molar refractivity (Wildman–Crippen MR) is 179 cm³/mol. The number of benzene rings is 7. The summed E-state index contributed by atoms with van der Waals surface area (Å²) in [6, 6.07) is 53.4. The molecule has 0 N–H and O–H groups in total. The van der Waals surface area contributed by atoms with E-state index in [-0.39, 0.29) is 0 Å². The zero-order chi connectivity index (χ0) is 27.2. The first-order valence-corrected chi connectivity index (χ1v) is 15.2. The molecule has 1 heterocycles. The summed E-state index contributed by atoms with van der Waals surface area (Å²) >= 11 is 1.99. The molecule has 1 heteroatoms. The van der Waals surface area contributed by atoms with E-state index < -0.39 is 0 Å². The Hall–Kier alpha value is -4.59. The smallest absolute Gasteiger partial charge is 0.0379 e. The lowest BCUT2D eigenvalue weighted by atomic mass is 9.85. The fourth-order valence-corrected chi connectivity index (χ4v) is 7.69. The Morgan fingerprint density at radius 3 is 1.68 bits per heavy atom. The topological polar surface area (TPSA) is 0 Å². The Labute approximate surface area is 245 Å². The van der Waals surface area contributed by atoms with E-state index in [1.54, 1.807) is 0 Å². The summed E-state index contributed by atoms with van der Waals surface area (Å²) < 4.78 is 0. The first kappa shape index (κ1) is 24.2. The van der Waals surface area contributed by atoms with Crippen molar-refractivity contribution < 1.29 is 0 Å². The SMILES string of the molecule is C1=C(c2ccccc2)SC(c2cccc(-c3c4ccccc4c(-c4ccc5ccccc5c4)c4ccccc34)c2)C1. The van der Waals surface area contributed by atoms with Gasteiger partial charge in [-0.15, -0.1) is 11.8 Å². The largest absolute Gasteiger partial charge is 0.117 e. The zero-order valence-corrected chi connectivity index (χ0v) is 23.4. The Morgan fingerprint density at radius 1 is 0.439 bits per heavy atom. The third-order valence-corrected chi connectivity index (χ3v) is 9.77. The molecule has 0 bridgehead atoms. The summed E-state index contributed by atoms with van der Waals surface area (Å²) in [5.41, 5.74) is 7.89. The van der Waals surface area contributed by atoms with Crippen molar-refractivity contribution in [2.24, 2.45) is 0 Å². The molecule has 1 unspecified atom stereocenters. The molecular formula is C40H28S. The van der Waals surface area contributed by atoms with Crippen LogP contribution in [0.2, 0.25) is 0 Å². The molecule has 0 radical (unpaired) electrons. The summed E-state index contributed by atoms with van der Waals surface area (Å²) in [5, 5.41) is 8.16. The van der Waals surface area contributed by atoms with Crippen molar-refractivity contribution in [1.29, 1.82) is 0 Å². The van der Waals surface area contributed by atoms with Gasteiger partial charge in [0.25, 0.3) is 0 Å². The maximum atomic E-state index is 2.43. The van der Waals surface area contributed by atoms with Gasteiger partial charge in [-0.2, -0.15) is 0 Å². The van der Waals surface area contributed by atoms with Crippen LogP contribution in [0.4, 0.5) is 0 Å². The molecule has 7 aromatic rings. The normalized spacial score (nSPS) is 15.0. The van der Waals surface area contributed by atoms with Crippen molar-refractivity contribution in [2.45, 2.75) is 11.7 Å². The highest BCUT2D eigenvalue weighted by atomic mass is 32.2. The van der Waals surface area contributed by atoms with Gasteiger partial charge in [0.05, 0.1) is 0 Å². The fourth-order valence-electron chi connectivity index (χ4n) is 6.45. The van der Waals surface area contributed by atoms with Crippen LogP contribution in [0.5, 0.6) is 0 Å². The van der Waals surface area contributed by atoms with Crippen LogP contribution in [0.1, 0.15) is 22.8 Å². The van der Waals surface area contributed by atoms with E-state index in [4.69, 9.17) is 0 Å². The van der Waals surface area contributed by atoms with Crippen molar-refractivity contribution in [3.63, 3.8) is 0 Å². The molecule has 0 aromatic heterocycles. The van der Waals surface area contributed by atoms with E-state index >= 15 is 0 Å². The quantitative estimate of drug-likeness (QED) is 0.200. The molecule has 0 amide bonds. The van der Waals surface area contributed by atoms with Crippen molar-refractivity contribution in [1.82, 2.24) is 0 Å². The average molecular weight is 541 g/mol. The predicted octanol–water partition coefficient (Wildman–Crippen LogP) is 11.7. The molecular weight excluding hydrogens is 513 g/mol. The van der Waals surface area contributed by atoms with Crippen LogP contribution in [-0.2, 0) is 0 Å². The summed E-state index contributed by atoms with van der Waals surface area (Å²) in [5.74, 6) is 0. The monoisotopic (exact) mass is 540 g/mol. The molecule has 1 atom stereocenters. The molecule has 41 heavy (non-hydrogen) atoms. The van der Waals surface area contributed by atoms with Gasteiger partial charge < -0.3 is 0 Å². The van der Waals surface area contributed by atoms with Gasteiger partial charge in [0, 0.05) is 10.2 Å². The first-order valence-electron chi connectivity index (χ1n) is 14.3. The van der Waals surface area contributed by atoms with E-state index in [9.17, 15) is 0 Å². The molecule has 0 saturated heterocycles. The standard InChI is InChI=1S/C40H28S/c1-2-12-28(13-3-1)37-23-24-38(41-37)30-15-10-16-31(26-30)39-33-17-6-8-19-35(33)40(36-20-9-7-18-34(36)39)32-22-21-27-11-4-5-14-29(27)25-32/h1-23,25-26,38H,24H2. The summed E-state index contributed by atoms with van der Waals surface area (Å²) in [6.07, 6.45) is 3.46. The summed E-state index contributed by atoms with van der Waals surface area (Å²) in [7, 11) is 0. The van der Waals surface area contributed by atoms with E-state index in [2.05, 4.69) is 152 Å². The lowest BCUT2D eigenvalue weighted by Gasteiger charge is -2.19. The minimum absolute atomic E-state index is 0.430. The zero-order valence-electron chi connectivity index (χ0n) is 22.6. The molecule has 194 valence electrons. The molecule has 1 aliphatic rings. The highest BCUT2D eigenvalue weighted by Gasteiger charge is 2.22. The van der Waals surface area contributed by atoms with Gasteiger partial charge in [-0.3, -0.25) is 0 Å². The summed E-state index contributed by atoms with van der Waals surface area (Å²) in [6.45, 7) is 0. The molecule has 0 saturated carbocycles. The van der Waals surface area contributed by atoms with Gasteiger partial charge in [-0.1, -0.05) is 140 Å². The first-order chi connectivity index (χ1) is 20.3. The highest BCUT2D eigenvalue weighted by molar-refractivity contribution is 8.08. The molecule has 0 nitrogen and oxygen atoms in total. The van der Waals surface area contributed by atoms with Crippen LogP contribution in [0.15, 0.2) is 152 Å². The molecule has 0 aliphatic carbocycles. The maximum absolute atomic E-state index is 2.43. The molecule has 0 spiro atoms. The number of thioether (sulfide) groups is 1.